The Morgan fingerprint density at radius 3 is 2.02 bits per heavy atom. The van der Waals surface area contributed by atoms with Crippen LogP contribution in [0.4, 0.5) is 0 Å². The van der Waals surface area contributed by atoms with E-state index in [1.165, 1.54) is 49.7 Å². The van der Waals surface area contributed by atoms with Gasteiger partial charge in [0, 0.05) is 0 Å². The number of rotatable bonds is 0. The first-order valence-corrected chi connectivity index (χ1v) is 16.5. The Balaban J connectivity index is 0.000000312. The monoisotopic (exact) mass is 636 g/mol. The van der Waals surface area contributed by atoms with E-state index in [0.717, 1.165) is 6.42 Å². The summed E-state index contributed by atoms with van der Waals surface area (Å²) in [5.41, 5.74) is 10.3. The minimum Gasteiger partial charge on any atom is -0.214 e. The zero-order valence-corrected chi connectivity index (χ0v) is 30.2. The van der Waals surface area contributed by atoms with Gasteiger partial charge in [0.1, 0.15) is 0 Å². The van der Waals surface area contributed by atoms with Crippen LogP contribution in [0.1, 0.15) is 105 Å². The fourth-order valence-electron chi connectivity index (χ4n) is 8.69. The Kier molecular flexibility index (Phi) is 11.0. The summed E-state index contributed by atoms with van der Waals surface area (Å²) in [4.78, 5) is 0. The Bertz CT molecular complexity index is 1330. The minimum absolute atomic E-state index is 0. The topological polar surface area (TPSA) is 0 Å². The van der Waals surface area contributed by atoms with Gasteiger partial charge in [-0.15, -0.1) is 6.92 Å². The molecular formula is C39H50Cl2Ti-2. The second kappa shape index (κ2) is 13.0. The third-order valence-corrected chi connectivity index (χ3v) is 13.3. The fourth-order valence-corrected chi connectivity index (χ4v) is 9.24. The third kappa shape index (κ3) is 5.36. The maximum absolute atomic E-state index is 2.62. The molecule has 2 atom stereocenters. The molecule has 0 radical (unpaired) electrons. The summed E-state index contributed by atoms with van der Waals surface area (Å²) < 4.78 is 1.70. The van der Waals surface area contributed by atoms with Gasteiger partial charge < -0.3 is 24.8 Å². The molecule has 0 bridgehead atoms. The number of fused-ring (bicyclic) bond motifs is 6. The molecule has 5 aliphatic carbocycles. The van der Waals surface area contributed by atoms with Gasteiger partial charge in [0.2, 0.25) is 0 Å². The Morgan fingerprint density at radius 1 is 0.857 bits per heavy atom. The molecule has 0 nitrogen and oxygen atoms in total. The molecule has 0 saturated heterocycles. The molecule has 2 aromatic rings. The van der Waals surface area contributed by atoms with Gasteiger partial charge in [0.15, 0.2) is 0 Å². The van der Waals surface area contributed by atoms with Gasteiger partial charge in [0.05, 0.1) is 0 Å². The smallest absolute Gasteiger partial charge is 0.172 e. The van der Waals surface area contributed by atoms with Crippen LogP contribution in [0.2, 0.25) is 0 Å². The van der Waals surface area contributed by atoms with Crippen molar-refractivity contribution in [3.8, 4) is 0 Å². The van der Waals surface area contributed by atoms with Crippen molar-refractivity contribution in [3.05, 3.63) is 101 Å². The second-order valence-electron chi connectivity index (χ2n) is 14.5. The van der Waals surface area contributed by atoms with Gasteiger partial charge in [-0.05, 0) is 40.6 Å². The Morgan fingerprint density at radius 2 is 1.48 bits per heavy atom. The second-order valence-corrected chi connectivity index (χ2v) is 15.6. The Labute approximate surface area is 281 Å². The summed E-state index contributed by atoms with van der Waals surface area (Å²) in [6, 6.07) is 19.2. The molecule has 226 valence electrons. The molecule has 3 heteroatoms. The summed E-state index contributed by atoms with van der Waals surface area (Å²) in [5, 5.41) is 0. The molecule has 0 amide bonds. The van der Waals surface area contributed by atoms with E-state index in [1.54, 1.807) is 32.0 Å². The zero-order chi connectivity index (χ0) is 28.9. The predicted molar refractivity (Wildman–Crippen MR) is 170 cm³/mol. The number of hydrogen-bond donors (Lipinski definition) is 0. The first-order valence-electron chi connectivity index (χ1n) is 15.7. The van der Waals surface area contributed by atoms with E-state index in [4.69, 9.17) is 0 Å². The minimum atomic E-state index is 0. The summed E-state index contributed by atoms with van der Waals surface area (Å²) in [6.07, 6.45) is 14.2. The van der Waals surface area contributed by atoms with Crippen molar-refractivity contribution >= 4 is 9.38 Å². The van der Waals surface area contributed by atoms with Gasteiger partial charge in [-0.25, -0.2) is 18.1 Å². The fraction of sp³-hybridized carbons (Fsp3) is 0.513. The van der Waals surface area contributed by atoms with Crippen molar-refractivity contribution in [1.82, 2.24) is 0 Å². The van der Waals surface area contributed by atoms with Crippen LogP contribution >= 0.6 is 0 Å². The maximum atomic E-state index is 2.62. The molecule has 0 heterocycles. The van der Waals surface area contributed by atoms with E-state index in [9.17, 15) is 0 Å². The first-order chi connectivity index (χ1) is 18.9. The van der Waals surface area contributed by atoms with E-state index < -0.39 is 0 Å². The van der Waals surface area contributed by atoms with Crippen LogP contribution < -0.4 is 24.8 Å². The van der Waals surface area contributed by atoms with Gasteiger partial charge in [-0.3, -0.25) is 0 Å². The van der Waals surface area contributed by atoms with Crippen LogP contribution in [0.5, 0.6) is 0 Å². The van der Waals surface area contributed by atoms with Crippen molar-refractivity contribution in [2.45, 2.75) is 100 Å². The summed E-state index contributed by atoms with van der Waals surface area (Å²) >= 11 is 2.26. The van der Waals surface area contributed by atoms with Crippen LogP contribution in [0.25, 0.3) is 5.57 Å². The van der Waals surface area contributed by atoms with Crippen LogP contribution in [0.15, 0.2) is 83.5 Å². The number of halogens is 2. The maximum Gasteiger partial charge on any atom is -0.172 e. The average molecular weight is 638 g/mol. The largest absolute Gasteiger partial charge is 0.214 e. The van der Waals surface area contributed by atoms with Crippen LogP contribution in [-0.4, -0.2) is 3.81 Å². The van der Waals surface area contributed by atoms with Gasteiger partial charge in [0.25, 0.3) is 0 Å². The standard InChI is InChI=1S/C29H37.C5H8.C5H5.2ClH.Ti/c1-18-25-22-17-19-13-9-10-14-20(19)24(22)21-15-11-12-16-23(21)29(25,8)28(6,7)27(4,5)26(18,2)3;2*1-2-4-5-3-1;;;/h9-11,13-15,23H,12,16-17H2,1-8H3;1-4H2;1-5H;2*1H;/q-1;;-1;;;+2/p-2. The summed E-state index contributed by atoms with van der Waals surface area (Å²) in [5.74, 6) is 2.24. The third-order valence-electron chi connectivity index (χ3n) is 12.6. The van der Waals surface area contributed by atoms with Crippen LogP contribution in [-0.2, 0) is 26.4 Å². The van der Waals surface area contributed by atoms with Gasteiger partial charge in [-0.1, -0.05) is 113 Å². The van der Waals surface area contributed by atoms with Crippen molar-refractivity contribution in [3.63, 3.8) is 0 Å². The Hall–Kier alpha value is -1.18. The molecule has 7 rings (SSSR count). The molecule has 2 fully saturated rings. The van der Waals surface area contributed by atoms with E-state index in [-0.39, 0.29) is 46.5 Å². The molecule has 0 N–H and O–H groups in total. The molecule has 2 unspecified atom stereocenters. The molecule has 42 heavy (non-hydrogen) atoms. The normalized spacial score (nSPS) is 27.1. The number of allylic oxidation sites excluding steroid dienone is 6. The van der Waals surface area contributed by atoms with E-state index in [0.29, 0.717) is 5.92 Å². The SMILES string of the molecule is C[C-]1C2=C3Cc4ccccc4C3=C3C=CCCC3C2(C)C(C)(C)C(C)(C)C1(C)C.[Cl-].[Cl-].[Ti+2]=[C]1CCCC1.c1cc[cH-]c1. The molecule has 5 aliphatic rings. The van der Waals surface area contributed by atoms with Crippen LogP contribution in [0, 0.1) is 33.5 Å². The molecule has 2 aromatic carbocycles. The first kappa shape index (κ1) is 35.3. The average Bonchev–Trinajstić information content (AvgIpc) is 3.71. The molecule has 0 aromatic heterocycles. The molecule has 0 spiro atoms. The van der Waals surface area contributed by atoms with Crippen molar-refractivity contribution in [2.24, 2.45) is 27.6 Å². The van der Waals surface area contributed by atoms with Crippen LogP contribution in [0.3, 0.4) is 0 Å². The summed E-state index contributed by atoms with van der Waals surface area (Å²) in [7, 11) is 0. The van der Waals surface area contributed by atoms with E-state index in [2.05, 4.69) is 112 Å². The number of hydrogen-bond acceptors (Lipinski definition) is 0. The van der Waals surface area contributed by atoms with Crippen molar-refractivity contribution in [1.29, 1.82) is 0 Å². The van der Waals surface area contributed by atoms with Crippen molar-refractivity contribution in [2.75, 3.05) is 0 Å². The van der Waals surface area contributed by atoms with Crippen molar-refractivity contribution < 1.29 is 44.8 Å². The molecule has 0 aliphatic heterocycles. The molecule has 2 saturated carbocycles. The van der Waals surface area contributed by atoms with Gasteiger partial charge in [-0.2, -0.15) is 29.3 Å². The number of benzene rings is 1. The predicted octanol–water partition coefficient (Wildman–Crippen LogP) is 4.66. The zero-order valence-electron chi connectivity index (χ0n) is 27.1. The quantitative estimate of drug-likeness (QED) is 0.292. The van der Waals surface area contributed by atoms with E-state index >= 15 is 0 Å². The van der Waals surface area contributed by atoms with Gasteiger partial charge >= 0.3 is 49.5 Å². The van der Waals surface area contributed by atoms with E-state index in [1.807, 2.05) is 30.3 Å². The summed E-state index contributed by atoms with van der Waals surface area (Å²) in [6.45, 7) is 20.3. The molecular weight excluding hydrogens is 587 g/mol.